The van der Waals surface area contributed by atoms with Gasteiger partial charge in [-0.3, -0.25) is 14.9 Å². The molecule has 0 aliphatic rings. The van der Waals surface area contributed by atoms with Crippen molar-refractivity contribution in [3.63, 3.8) is 0 Å². The summed E-state index contributed by atoms with van der Waals surface area (Å²) >= 11 is 5.41. The fourth-order valence-electron chi connectivity index (χ4n) is 3.21. The molecule has 0 atom stereocenters. The van der Waals surface area contributed by atoms with E-state index >= 15 is 0 Å². The van der Waals surface area contributed by atoms with E-state index in [1.165, 1.54) is 6.08 Å². The van der Waals surface area contributed by atoms with Crippen LogP contribution in [0.15, 0.2) is 84.9 Å². The van der Waals surface area contributed by atoms with Crippen LogP contribution in [-0.2, 0) is 11.2 Å². The average Bonchev–Trinajstić information content (AvgIpc) is 2.83. The Balaban J connectivity index is 1.60. The van der Waals surface area contributed by atoms with Crippen molar-refractivity contribution >= 4 is 40.9 Å². The molecule has 2 amide bonds. The number of hydrogen-bond acceptors (Lipinski definition) is 3. The first-order valence-electron chi connectivity index (χ1n) is 10.7. The number of para-hydroxylation sites is 1. The first-order valence-corrected chi connectivity index (χ1v) is 11.1. The van der Waals surface area contributed by atoms with E-state index in [4.69, 9.17) is 12.2 Å². The van der Waals surface area contributed by atoms with Crippen LogP contribution in [0.1, 0.15) is 27.0 Å². The normalized spacial score (nSPS) is 10.6. The molecule has 0 saturated carbocycles. The van der Waals surface area contributed by atoms with Crippen LogP contribution < -0.4 is 15.5 Å². The third-order valence-corrected chi connectivity index (χ3v) is 5.47. The van der Waals surface area contributed by atoms with Crippen molar-refractivity contribution in [3.8, 4) is 0 Å². The molecule has 5 nitrogen and oxygen atoms in total. The predicted molar refractivity (Wildman–Crippen MR) is 138 cm³/mol. The standard InChI is InChI=1S/C27H27N3O2S/c1-20-12-14-22(15-13-20)16-17-25(31)29-27(33)30(2)24-11-7-6-10-23(24)26(32)28-19-18-21-8-4-3-5-9-21/h3-17H,18-19H2,1-2H3,(H,28,32)(H,29,31,33)/b17-16+. The maximum atomic E-state index is 12.8. The largest absolute Gasteiger partial charge is 0.352 e. The number of hydrogen-bond donors (Lipinski definition) is 2. The molecule has 0 spiro atoms. The lowest BCUT2D eigenvalue weighted by molar-refractivity contribution is -0.115. The molecule has 0 fully saturated rings. The van der Waals surface area contributed by atoms with Crippen molar-refractivity contribution in [1.82, 2.24) is 10.6 Å². The number of aryl methyl sites for hydroxylation is 1. The highest BCUT2D eigenvalue weighted by molar-refractivity contribution is 7.80. The maximum Gasteiger partial charge on any atom is 0.253 e. The van der Waals surface area contributed by atoms with Crippen molar-refractivity contribution in [2.75, 3.05) is 18.5 Å². The number of carbonyl (C=O) groups excluding carboxylic acids is 2. The van der Waals surface area contributed by atoms with E-state index < -0.39 is 0 Å². The Hall–Kier alpha value is -3.77. The summed E-state index contributed by atoms with van der Waals surface area (Å²) in [7, 11) is 1.72. The number of nitrogens with one attached hydrogen (secondary N) is 2. The van der Waals surface area contributed by atoms with Gasteiger partial charge in [0.25, 0.3) is 5.91 Å². The van der Waals surface area contributed by atoms with Gasteiger partial charge in [0.1, 0.15) is 0 Å². The smallest absolute Gasteiger partial charge is 0.253 e. The molecular weight excluding hydrogens is 430 g/mol. The van der Waals surface area contributed by atoms with Crippen LogP contribution in [0, 0.1) is 6.92 Å². The molecule has 0 unspecified atom stereocenters. The molecular formula is C27H27N3O2S. The van der Waals surface area contributed by atoms with E-state index in [0.29, 0.717) is 17.8 Å². The summed E-state index contributed by atoms with van der Waals surface area (Å²) in [4.78, 5) is 26.8. The Morgan fingerprint density at radius 1 is 0.939 bits per heavy atom. The Labute approximate surface area is 200 Å². The summed E-state index contributed by atoms with van der Waals surface area (Å²) in [5, 5.41) is 5.85. The Morgan fingerprint density at radius 2 is 1.61 bits per heavy atom. The minimum atomic E-state index is -0.336. The van der Waals surface area contributed by atoms with Gasteiger partial charge in [0, 0.05) is 19.7 Å². The van der Waals surface area contributed by atoms with E-state index in [1.54, 1.807) is 36.2 Å². The van der Waals surface area contributed by atoms with Gasteiger partial charge in [-0.05, 0) is 54.9 Å². The molecule has 3 aromatic rings. The lowest BCUT2D eigenvalue weighted by Crippen LogP contribution is -2.41. The molecule has 2 N–H and O–H groups in total. The Kier molecular flexibility index (Phi) is 8.49. The molecule has 0 heterocycles. The van der Waals surface area contributed by atoms with E-state index in [9.17, 15) is 9.59 Å². The van der Waals surface area contributed by atoms with Crippen molar-refractivity contribution < 1.29 is 9.59 Å². The van der Waals surface area contributed by atoms with Crippen LogP contribution in [-0.4, -0.2) is 30.5 Å². The third-order valence-electron chi connectivity index (χ3n) is 5.09. The fraction of sp³-hybridized carbons (Fsp3) is 0.148. The molecule has 3 rings (SSSR count). The summed E-state index contributed by atoms with van der Waals surface area (Å²) < 4.78 is 0. The second-order valence-electron chi connectivity index (χ2n) is 7.61. The lowest BCUT2D eigenvalue weighted by Gasteiger charge is -2.22. The van der Waals surface area contributed by atoms with Crippen molar-refractivity contribution in [1.29, 1.82) is 0 Å². The van der Waals surface area contributed by atoms with Gasteiger partial charge in [-0.15, -0.1) is 0 Å². The quantitative estimate of drug-likeness (QED) is 0.405. The Morgan fingerprint density at radius 3 is 2.33 bits per heavy atom. The van der Waals surface area contributed by atoms with E-state index in [2.05, 4.69) is 10.6 Å². The van der Waals surface area contributed by atoms with Gasteiger partial charge in [-0.25, -0.2) is 0 Å². The van der Waals surface area contributed by atoms with Crippen molar-refractivity contribution in [2.45, 2.75) is 13.3 Å². The molecule has 0 aromatic heterocycles. The van der Waals surface area contributed by atoms with Gasteiger partial charge in [0.2, 0.25) is 5.91 Å². The number of rotatable bonds is 7. The molecule has 0 saturated heterocycles. The number of amides is 2. The predicted octanol–water partition coefficient (Wildman–Crippen LogP) is 4.52. The zero-order chi connectivity index (χ0) is 23.6. The second-order valence-corrected chi connectivity index (χ2v) is 7.99. The summed E-state index contributed by atoms with van der Waals surface area (Å²) in [6.45, 7) is 2.53. The highest BCUT2D eigenvalue weighted by Gasteiger charge is 2.17. The monoisotopic (exact) mass is 457 g/mol. The van der Waals surface area contributed by atoms with E-state index in [0.717, 1.165) is 23.1 Å². The molecule has 0 radical (unpaired) electrons. The van der Waals surface area contributed by atoms with Crippen molar-refractivity contribution in [2.24, 2.45) is 0 Å². The van der Waals surface area contributed by atoms with Gasteiger partial charge < -0.3 is 10.2 Å². The fourth-order valence-corrected chi connectivity index (χ4v) is 3.41. The van der Waals surface area contributed by atoms with Crippen LogP contribution in [0.2, 0.25) is 0 Å². The van der Waals surface area contributed by atoms with Crippen LogP contribution in [0.25, 0.3) is 6.08 Å². The second kappa shape index (κ2) is 11.7. The molecule has 33 heavy (non-hydrogen) atoms. The zero-order valence-corrected chi connectivity index (χ0v) is 19.6. The number of nitrogens with zero attached hydrogens (tertiary/aromatic N) is 1. The number of carbonyl (C=O) groups is 2. The summed E-state index contributed by atoms with van der Waals surface area (Å²) in [5.74, 6) is -0.529. The topological polar surface area (TPSA) is 61.4 Å². The maximum absolute atomic E-state index is 12.8. The van der Waals surface area contributed by atoms with E-state index in [-0.39, 0.29) is 16.9 Å². The minimum absolute atomic E-state index is 0.193. The summed E-state index contributed by atoms with van der Waals surface area (Å²) in [5.41, 5.74) is 4.34. The Bertz CT molecular complexity index is 1140. The lowest BCUT2D eigenvalue weighted by atomic mass is 10.1. The number of thiocarbonyl (C=S) groups is 1. The first-order chi connectivity index (χ1) is 15.9. The van der Waals surface area contributed by atoms with Gasteiger partial charge in [0.15, 0.2) is 5.11 Å². The number of anilines is 1. The molecule has 0 bridgehead atoms. The molecule has 168 valence electrons. The minimum Gasteiger partial charge on any atom is -0.352 e. The van der Waals surface area contributed by atoms with Gasteiger partial charge in [-0.1, -0.05) is 72.3 Å². The third kappa shape index (κ3) is 7.12. The molecule has 0 aliphatic carbocycles. The zero-order valence-electron chi connectivity index (χ0n) is 18.7. The van der Waals surface area contributed by atoms with Crippen molar-refractivity contribution in [3.05, 3.63) is 107 Å². The highest BCUT2D eigenvalue weighted by atomic mass is 32.1. The summed E-state index contributed by atoms with van der Waals surface area (Å²) in [6, 6.07) is 25.0. The number of benzene rings is 3. The SMILES string of the molecule is Cc1ccc(/C=C/C(=O)NC(=S)N(C)c2ccccc2C(=O)NCCc2ccccc2)cc1. The van der Waals surface area contributed by atoms with Gasteiger partial charge in [0.05, 0.1) is 11.3 Å². The molecule has 3 aromatic carbocycles. The average molecular weight is 458 g/mol. The first kappa shape index (κ1) is 23.9. The van der Waals surface area contributed by atoms with Crippen LogP contribution in [0.4, 0.5) is 5.69 Å². The molecule has 6 heteroatoms. The van der Waals surface area contributed by atoms with Crippen LogP contribution in [0.3, 0.4) is 0 Å². The highest BCUT2D eigenvalue weighted by Crippen LogP contribution is 2.19. The van der Waals surface area contributed by atoms with Crippen LogP contribution in [0.5, 0.6) is 0 Å². The summed E-state index contributed by atoms with van der Waals surface area (Å²) in [6.07, 6.45) is 3.91. The van der Waals surface area contributed by atoms with Gasteiger partial charge in [-0.2, -0.15) is 0 Å². The van der Waals surface area contributed by atoms with E-state index in [1.807, 2.05) is 67.6 Å². The van der Waals surface area contributed by atoms with Crippen LogP contribution >= 0.6 is 12.2 Å². The van der Waals surface area contributed by atoms with Gasteiger partial charge >= 0.3 is 0 Å². The molecule has 0 aliphatic heterocycles.